The first-order chi connectivity index (χ1) is 13.9. The number of carbonyl (C=O) groups excluding carboxylic acids is 1. The van der Waals surface area contributed by atoms with Crippen molar-refractivity contribution in [1.29, 1.82) is 0 Å². The molecule has 6 nitrogen and oxygen atoms in total. The summed E-state index contributed by atoms with van der Waals surface area (Å²) < 4.78 is 0.840. The Hall–Kier alpha value is -1.67. The number of ketones is 1. The summed E-state index contributed by atoms with van der Waals surface area (Å²) in [6.45, 7) is -0.160. The number of aromatic nitrogens is 1. The first kappa shape index (κ1) is 19.3. The lowest BCUT2D eigenvalue weighted by molar-refractivity contribution is -0.140. The molecule has 3 unspecified atom stereocenters. The average Bonchev–Trinajstić information content (AvgIpc) is 3.03. The van der Waals surface area contributed by atoms with Gasteiger partial charge in [0.2, 0.25) is 0 Å². The van der Waals surface area contributed by atoms with Crippen molar-refractivity contribution in [3.8, 4) is 0 Å². The van der Waals surface area contributed by atoms with Crippen LogP contribution in [0.2, 0.25) is 10.0 Å². The van der Waals surface area contributed by atoms with Crippen LogP contribution >= 0.6 is 34.5 Å². The van der Waals surface area contributed by atoms with Crippen molar-refractivity contribution < 1.29 is 14.7 Å². The Morgan fingerprint density at radius 1 is 1.28 bits per heavy atom. The lowest BCUT2D eigenvalue weighted by Gasteiger charge is -2.52. The maximum absolute atomic E-state index is 13.2. The van der Waals surface area contributed by atoms with E-state index in [0.29, 0.717) is 27.9 Å². The van der Waals surface area contributed by atoms with E-state index < -0.39 is 12.0 Å². The molecular weight excluding hydrogens is 433 g/mol. The quantitative estimate of drug-likeness (QED) is 0.728. The third-order valence-electron chi connectivity index (χ3n) is 6.07. The van der Waals surface area contributed by atoms with E-state index in [1.165, 1.54) is 11.3 Å². The first-order valence-electron chi connectivity index (χ1n) is 9.70. The molecule has 29 heavy (non-hydrogen) atoms. The number of halogens is 2. The first-order valence-corrected chi connectivity index (χ1v) is 11.3. The number of rotatable bonds is 4. The average molecular weight is 452 g/mol. The molecule has 0 saturated heterocycles. The molecule has 3 atom stereocenters. The maximum Gasteiger partial charge on any atom is 0.324 e. The van der Waals surface area contributed by atoms with Crippen LogP contribution in [-0.2, 0) is 16.0 Å². The Labute approximate surface area is 181 Å². The number of nitrogens with one attached hydrogen (secondary N) is 1. The number of carboxylic acid groups (broad SMARTS) is 1. The Balaban J connectivity index is 1.46. The second-order valence-electron chi connectivity index (χ2n) is 7.87. The molecule has 1 aromatic heterocycles. The highest BCUT2D eigenvalue weighted by atomic mass is 35.5. The van der Waals surface area contributed by atoms with Crippen LogP contribution in [0.15, 0.2) is 23.4 Å². The highest BCUT2D eigenvalue weighted by Crippen LogP contribution is 2.52. The van der Waals surface area contributed by atoms with Crippen LogP contribution in [0.3, 0.4) is 0 Å². The van der Waals surface area contributed by atoms with E-state index in [2.05, 4.69) is 10.4 Å². The van der Waals surface area contributed by atoms with Gasteiger partial charge in [0.1, 0.15) is 6.54 Å². The van der Waals surface area contributed by atoms with E-state index in [1.54, 1.807) is 17.1 Å². The fourth-order valence-corrected chi connectivity index (χ4v) is 6.52. The van der Waals surface area contributed by atoms with Gasteiger partial charge in [-0.1, -0.05) is 36.0 Å². The number of Topliss-reactive ketones (excluding diaryl/α,β-unsaturated/α-hetero) is 1. The molecule has 5 rings (SSSR count). The predicted octanol–water partition coefficient (Wildman–Crippen LogP) is 4.06. The van der Waals surface area contributed by atoms with E-state index in [-0.39, 0.29) is 18.2 Å². The lowest BCUT2D eigenvalue weighted by Crippen LogP contribution is -2.62. The number of carboxylic acids is 1. The number of carbonyl (C=O) groups is 2. The molecule has 2 N–H and O–H groups in total. The van der Waals surface area contributed by atoms with Crippen LogP contribution < -0.4 is 5.43 Å². The van der Waals surface area contributed by atoms with Crippen molar-refractivity contribution in [3.05, 3.63) is 38.5 Å². The zero-order valence-electron chi connectivity index (χ0n) is 15.5. The molecule has 2 aromatic rings. The molecule has 3 aliphatic rings. The number of hydrogen-bond donors (Lipinski definition) is 2. The largest absolute Gasteiger partial charge is 0.480 e. The second-order valence-corrected chi connectivity index (χ2v) is 9.80. The number of benzene rings is 1. The highest BCUT2D eigenvalue weighted by Gasteiger charge is 2.51. The zero-order valence-corrected chi connectivity index (χ0v) is 17.8. The summed E-state index contributed by atoms with van der Waals surface area (Å²) in [4.78, 5) is 29.3. The van der Waals surface area contributed by atoms with E-state index in [1.807, 2.05) is 0 Å². The number of hydrazine groups is 1. The molecule has 0 radical (unpaired) electrons. The normalized spacial score (nSPS) is 26.3. The van der Waals surface area contributed by atoms with Gasteiger partial charge in [0.25, 0.3) is 0 Å². The minimum atomic E-state index is -0.918. The van der Waals surface area contributed by atoms with Gasteiger partial charge in [0, 0.05) is 28.6 Å². The van der Waals surface area contributed by atoms with Crippen LogP contribution in [0, 0.1) is 11.8 Å². The number of nitrogens with zero attached hydrogens (tertiary/aromatic N) is 2. The minimum Gasteiger partial charge on any atom is -0.480 e. The number of thiazole rings is 1. The predicted molar refractivity (Wildman–Crippen MR) is 112 cm³/mol. The molecule has 0 spiro atoms. The molecule has 1 aromatic carbocycles. The highest BCUT2D eigenvalue weighted by molar-refractivity contribution is 7.19. The molecule has 9 heteroatoms. The lowest BCUT2D eigenvalue weighted by atomic mass is 9.61. The zero-order chi connectivity index (χ0) is 20.3. The van der Waals surface area contributed by atoms with Crippen LogP contribution in [-0.4, -0.2) is 39.4 Å². The summed E-state index contributed by atoms with van der Waals surface area (Å²) in [6, 6.07) is 2.92. The SMILES string of the molecule is O=C(O)CN1NC(Cc2nc3cc(Cl)cc(Cl)c3s2)C(=O)C2=C1C1CCCCC21. The summed E-state index contributed by atoms with van der Waals surface area (Å²) in [5.41, 5.74) is 5.62. The van der Waals surface area contributed by atoms with Gasteiger partial charge in [-0.05, 0) is 30.9 Å². The summed E-state index contributed by atoms with van der Waals surface area (Å²) in [6.07, 6.45) is 4.68. The molecule has 1 saturated carbocycles. The number of aliphatic carboxylic acids is 1. The van der Waals surface area contributed by atoms with Gasteiger partial charge in [-0.2, -0.15) is 0 Å². The van der Waals surface area contributed by atoms with Crippen molar-refractivity contribution in [2.75, 3.05) is 6.54 Å². The van der Waals surface area contributed by atoms with Gasteiger partial charge in [0.05, 0.1) is 26.3 Å². The monoisotopic (exact) mass is 451 g/mol. The molecule has 2 aliphatic carbocycles. The standard InChI is InChI=1S/C20H19Cl2N3O3S/c21-9-5-12(22)20-14(6-9)23-15(29-20)7-13-19(28)17-10-3-1-2-4-11(10)18(17)25(24-13)8-16(26)27/h5-6,10-11,13,24H,1-4,7-8H2,(H,26,27). The van der Waals surface area contributed by atoms with E-state index in [0.717, 1.165) is 46.7 Å². The van der Waals surface area contributed by atoms with Gasteiger partial charge in [-0.3, -0.25) is 14.6 Å². The molecule has 0 bridgehead atoms. The molecule has 2 heterocycles. The van der Waals surface area contributed by atoms with Crippen LogP contribution in [0.5, 0.6) is 0 Å². The van der Waals surface area contributed by atoms with Crippen molar-refractivity contribution >= 4 is 56.5 Å². The fourth-order valence-electron chi connectivity index (χ4n) is 4.93. The van der Waals surface area contributed by atoms with Gasteiger partial charge < -0.3 is 5.11 Å². The van der Waals surface area contributed by atoms with Crippen LogP contribution in [0.4, 0.5) is 0 Å². The Morgan fingerprint density at radius 3 is 2.79 bits per heavy atom. The number of allylic oxidation sites excluding steroid dienone is 1. The fraction of sp³-hybridized carbons (Fsp3) is 0.450. The Morgan fingerprint density at radius 2 is 2.03 bits per heavy atom. The third kappa shape index (κ3) is 3.24. The van der Waals surface area contributed by atoms with E-state index >= 15 is 0 Å². The van der Waals surface area contributed by atoms with Gasteiger partial charge >= 0.3 is 5.97 Å². The number of fused-ring (bicyclic) bond motifs is 4. The minimum absolute atomic E-state index is 0.0770. The van der Waals surface area contributed by atoms with Gasteiger partial charge in [-0.25, -0.2) is 10.4 Å². The van der Waals surface area contributed by atoms with Crippen molar-refractivity contribution in [2.24, 2.45) is 11.8 Å². The Kier molecular flexibility index (Phi) is 4.81. The third-order valence-corrected chi connectivity index (χ3v) is 7.83. The van der Waals surface area contributed by atoms with E-state index in [9.17, 15) is 14.7 Å². The summed E-state index contributed by atoms with van der Waals surface area (Å²) in [7, 11) is 0. The molecular formula is C20H19Cl2N3O3S. The maximum atomic E-state index is 13.2. The van der Waals surface area contributed by atoms with Crippen molar-refractivity contribution in [1.82, 2.24) is 15.4 Å². The smallest absolute Gasteiger partial charge is 0.324 e. The van der Waals surface area contributed by atoms with E-state index in [4.69, 9.17) is 23.2 Å². The van der Waals surface area contributed by atoms with Crippen LogP contribution in [0.1, 0.15) is 30.7 Å². The second kappa shape index (κ2) is 7.23. The molecule has 1 aliphatic heterocycles. The molecule has 1 fully saturated rings. The van der Waals surface area contributed by atoms with Gasteiger partial charge in [0.15, 0.2) is 5.78 Å². The molecule has 0 amide bonds. The summed E-state index contributed by atoms with van der Waals surface area (Å²) >= 11 is 13.8. The van der Waals surface area contributed by atoms with Crippen LogP contribution in [0.25, 0.3) is 10.2 Å². The summed E-state index contributed by atoms with van der Waals surface area (Å²) in [5, 5.41) is 12.9. The Bertz CT molecular complexity index is 1070. The summed E-state index contributed by atoms with van der Waals surface area (Å²) in [5.74, 6) is -0.263. The number of hydrogen-bond acceptors (Lipinski definition) is 6. The van der Waals surface area contributed by atoms with Crippen molar-refractivity contribution in [3.63, 3.8) is 0 Å². The van der Waals surface area contributed by atoms with Gasteiger partial charge in [-0.15, -0.1) is 11.3 Å². The van der Waals surface area contributed by atoms with Crippen molar-refractivity contribution in [2.45, 2.75) is 38.1 Å². The molecule has 152 valence electrons. The topological polar surface area (TPSA) is 82.5 Å².